The number of rotatable bonds is 4. The minimum atomic E-state index is 0.163. The lowest BCUT2D eigenvalue weighted by atomic mass is 9.98. The fraction of sp³-hybridized carbons (Fsp3) is 0.200. The fourth-order valence-corrected chi connectivity index (χ4v) is 2.97. The lowest BCUT2D eigenvalue weighted by Gasteiger charge is -2.18. The van der Waals surface area contributed by atoms with Gasteiger partial charge in [-0.15, -0.1) is 5.10 Å². The lowest BCUT2D eigenvalue weighted by molar-refractivity contribution is 0.642. The molecule has 0 aliphatic heterocycles. The van der Waals surface area contributed by atoms with Crippen molar-refractivity contribution in [3.8, 4) is 0 Å². The zero-order chi connectivity index (χ0) is 13.1. The number of nitrogens with one attached hydrogen (secondary N) is 1. The first-order valence-electron chi connectivity index (χ1n) is 6.38. The molecule has 3 aromatic rings. The predicted molar refractivity (Wildman–Crippen MR) is 79.4 cm³/mol. The van der Waals surface area contributed by atoms with Gasteiger partial charge in [0, 0.05) is 0 Å². The van der Waals surface area contributed by atoms with Gasteiger partial charge in [0.25, 0.3) is 0 Å². The van der Waals surface area contributed by atoms with Crippen LogP contribution in [0.2, 0.25) is 0 Å². The van der Waals surface area contributed by atoms with E-state index in [-0.39, 0.29) is 6.04 Å². The van der Waals surface area contributed by atoms with Crippen molar-refractivity contribution in [2.45, 2.75) is 13.0 Å². The van der Waals surface area contributed by atoms with E-state index in [1.807, 2.05) is 6.20 Å². The lowest BCUT2D eigenvalue weighted by Crippen LogP contribution is -2.21. The molecule has 3 nitrogen and oxygen atoms in total. The Balaban J connectivity index is 2.15. The predicted octanol–water partition coefficient (Wildman–Crippen LogP) is 3.39. The van der Waals surface area contributed by atoms with Gasteiger partial charge in [-0.25, -0.2) is 0 Å². The quantitative estimate of drug-likeness (QED) is 0.789. The minimum absolute atomic E-state index is 0.163. The topological polar surface area (TPSA) is 37.8 Å². The molecule has 1 unspecified atom stereocenters. The Morgan fingerprint density at radius 3 is 2.79 bits per heavy atom. The summed E-state index contributed by atoms with van der Waals surface area (Å²) in [6.07, 6.45) is 1.85. The van der Waals surface area contributed by atoms with Crippen LogP contribution < -0.4 is 5.32 Å². The third-order valence-electron chi connectivity index (χ3n) is 3.21. The van der Waals surface area contributed by atoms with E-state index in [1.54, 1.807) is 0 Å². The Morgan fingerprint density at radius 2 is 2.00 bits per heavy atom. The molecule has 1 aromatic heterocycles. The van der Waals surface area contributed by atoms with E-state index < -0.39 is 0 Å². The average molecular weight is 269 g/mol. The summed E-state index contributed by atoms with van der Waals surface area (Å²) < 4.78 is 3.98. The van der Waals surface area contributed by atoms with Gasteiger partial charge in [-0.2, -0.15) is 0 Å². The van der Waals surface area contributed by atoms with Crippen LogP contribution in [-0.4, -0.2) is 16.1 Å². The maximum absolute atomic E-state index is 3.98. The third kappa shape index (κ3) is 2.37. The van der Waals surface area contributed by atoms with Gasteiger partial charge >= 0.3 is 0 Å². The largest absolute Gasteiger partial charge is 0.306 e. The number of benzene rings is 2. The van der Waals surface area contributed by atoms with Crippen LogP contribution >= 0.6 is 11.5 Å². The van der Waals surface area contributed by atoms with E-state index in [0.717, 1.165) is 11.4 Å². The molecule has 19 heavy (non-hydrogen) atoms. The number of fused-ring (bicyclic) bond motifs is 1. The Bertz CT molecular complexity index is 659. The highest BCUT2D eigenvalue weighted by Crippen LogP contribution is 2.29. The molecular weight excluding hydrogens is 254 g/mol. The van der Waals surface area contributed by atoms with Crippen LogP contribution in [0.1, 0.15) is 23.4 Å². The third-order valence-corrected chi connectivity index (χ3v) is 3.93. The van der Waals surface area contributed by atoms with Crippen molar-refractivity contribution in [1.29, 1.82) is 0 Å². The highest BCUT2D eigenvalue weighted by atomic mass is 32.1. The molecular formula is C15H15N3S. The summed E-state index contributed by atoms with van der Waals surface area (Å²) in [5.41, 5.74) is 1.28. The molecule has 1 atom stereocenters. The smallest absolute Gasteiger partial charge is 0.0709 e. The SMILES string of the molecule is CCNC(c1cnns1)c1cccc2ccccc12. The summed E-state index contributed by atoms with van der Waals surface area (Å²) in [6, 6.07) is 15.1. The van der Waals surface area contributed by atoms with E-state index in [1.165, 1.54) is 27.9 Å². The van der Waals surface area contributed by atoms with E-state index in [2.05, 4.69) is 64.3 Å². The molecule has 0 aliphatic carbocycles. The Kier molecular flexibility index (Phi) is 3.53. The zero-order valence-corrected chi connectivity index (χ0v) is 11.5. The van der Waals surface area contributed by atoms with Crippen molar-refractivity contribution in [2.75, 3.05) is 6.54 Å². The standard InChI is InChI=1S/C15H15N3S/c1-2-16-15(14-10-17-18-19-14)13-9-5-7-11-6-3-4-8-12(11)13/h3-10,15-16H,2H2,1H3. The molecule has 0 amide bonds. The van der Waals surface area contributed by atoms with Crippen LogP contribution in [0, 0.1) is 0 Å². The van der Waals surface area contributed by atoms with Gasteiger partial charge in [-0.1, -0.05) is 53.9 Å². The monoisotopic (exact) mass is 269 g/mol. The van der Waals surface area contributed by atoms with E-state index in [0.29, 0.717) is 0 Å². The summed E-state index contributed by atoms with van der Waals surface area (Å²) in [5, 5.41) is 10.0. The number of aromatic nitrogens is 2. The Morgan fingerprint density at radius 1 is 1.16 bits per heavy atom. The van der Waals surface area contributed by atoms with Crippen LogP contribution in [0.3, 0.4) is 0 Å². The summed E-state index contributed by atoms with van der Waals surface area (Å²) in [7, 11) is 0. The molecule has 3 rings (SSSR count). The molecule has 1 N–H and O–H groups in total. The molecule has 96 valence electrons. The van der Waals surface area contributed by atoms with Crippen molar-refractivity contribution in [3.05, 3.63) is 59.1 Å². The van der Waals surface area contributed by atoms with E-state index in [9.17, 15) is 0 Å². The van der Waals surface area contributed by atoms with Gasteiger partial charge in [0.15, 0.2) is 0 Å². The summed E-state index contributed by atoms with van der Waals surface area (Å²) >= 11 is 1.45. The average Bonchev–Trinajstić information content (AvgIpc) is 2.98. The molecule has 0 bridgehead atoms. The van der Waals surface area contributed by atoms with Gasteiger partial charge in [-0.05, 0) is 34.4 Å². The maximum Gasteiger partial charge on any atom is 0.0709 e. The second kappa shape index (κ2) is 5.47. The van der Waals surface area contributed by atoms with Gasteiger partial charge in [-0.3, -0.25) is 0 Å². The molecule has 0 fully saturated rings. The van der Waals surface area contributed by atoms with Crippen molar-refractivity contribution in [1.82, 2.24) is 14.9 Å². The van der Waals surface area contributed by atoms with Crippen molar-refractivity contribution in [3.63, 3.8) is 0 Å². The summed E-state index contributed by atoms with van der Waals surface area (Å²) in [4.78, 5) is 1.15. The second-order valence-electron chi connectivity index (χ2n) is 4.38. The minimum Gasteiger partial charge on any atom is -0.306 e. The first-order valence-corrected chi connectivity index (χ1v) is 7.16. The van der Waals surface area contributed by atoms with Gasteiger partial charge in [0.2, 0.25) is 0 Å². The van der Waals surface area contributed by atoms with Crippen LogP contribution in [0.25, 0.3) is 10.8 Å². The van der Waals surface area contributed by atoms with Gasteiger partial charge in [0.05, 0.1) is 17.1 Å². The van der Waals surface area contributed by atoms with Gasteiger partial charge < -0.3 is 5.32 Å². The summed E-state index contributed by atoms with van der Waals surface area (Å²) in [5.74, 6) is 0. The number of hydrogen-bond donors (Lipinski definition) is 1. The van der Waals surface area contributed by atoms with Crippen LogP contribution in [0.4, 0.5) is 0 Å². The molecule has 2 aromatic carbocycles. The van der Waals surface area contributed by atoms with Gasteiger partial charge in [0.1, 0.15) is 0 Å². The molecule has 0 aliphatic rings. The fourth-order valence-electron chi connectivity index (χ4n) is 2.37. The number of nitrogens with zero attached hydrogens (tertiary/aromatic N) is 2. The molecule has 0 saturated carbocycles. The highest BCUT2D eigenvalue weighted by molar-refractivity contribution is 7.05. The van der Waals surface area contributed by atoms with Crippen molar-refractivity contribution < 1.29 is 0 Å². The Labute approximate surface area is 116 Å². The van der Waals surface area contributed by atoms with Crippen molar-refractivity contribution in [2.24, 2.45) is 0 Å². The second-order valence-corrected chi connectivity index (χ2v) is 5.20. The number of hydrogen-bond acceptors (Lipinski definition) is 4. The molecule has 1 heterocycles. The van der Waals surface area contributed by atoms with Crippen LogP contribution in [0.15, 0.2) is 48.7 Å². The molecule has 0 radical (unpaired) electrons. The van der Waals surface area contributed by atoms with E-state index in [4.69, 9.17) is 0 Å². The van der Waals surface area contributed by atoms with Crippen molar-refractivity contribution >= 4 is 22.3 Å². The van der Waals surface area contributed by atoms with E-state index >= 15 is 0 Å². The summed E-state index contributed by atoms with van der Waals surface area (Å²) in [6.45, 7) is 3.03. The first-order chi connectivity index (χ1) is 9.40. The highest BCUT2D eigenvalue weighted by Gasteiger charge is 2.17. The first kappa shape index (κ1) is 12.3. The Hall–Kier alpha value is -1.78. The molecule has 4 heteroatoms. The maximum atomic E-state index is 3.98. The molecule has 0 spiro atoms. The normalized spacial score (nSPS) is 12.7. The zero-order valence-electron chi connectivity index (χ0n) is 10.7. The molecule has 0 saturated heterocycles. The van der Waals surface area contributed by atoms with Crippen LogP contribution in [0.5, 0.6) is 0 Å². The van der Waals surface area contributed by atoms with Crippen LogP contribution in [-0.2, 0) is 0 Å².